The van der Waals surface area contributed by atoms with Crippen molar-refractivity contribution in [2.24, 2.45) is 0 Å². The van der Waals surface area contributed by atoms with E-state index in [9.17, 15) is 19.5 Å². The van der Waals surface area contributed by atoms with Crippen LogP contribution >= 0.6 is 0 Å². The molecule has 0 saturated carbocycles. The van der Waals surface area contributed by atoms with Crippen molar-refractivity contribution in [1.29, 1.82) is 0 Å². The quantitative estimate of drug-likeness (QED) is 0.622. The fraction of sp³-hybridized carbons (Fsp3) is 0.423. The summed E-state index contributed by atoms with van der Waals surface area (Å²) in [6, 6.07) is 14.6. The van der Waals surface area contributed by atoms with Crippen molar-refractivity contribution in [3.05, 3.63) is 59.7 Å². The number of carboxylic acids is 1. The van der Waals surface area contributed by atoms with Crippen LogP contribution in [0.15, 0.2) is 48.5 Å². The molecule has 0 radical (unpaired) electrons. The second-order valence-electron chi connectivity index (χ2n) is 9.40. The fourth-order valence-corrected chi connectivity index (χ4v) is 4.89. The zero-order chi connectivity index (χ0) is 25.1. The van der Waals surface area contributed by atoms with E-state index in [1.54, 1.807) is 16.8 Å². The number of hydrogen-bond donors (Lipinski definition) is 2. The summed E-state index contributed by atoms with van der Waals surface area (Å²) in [5, 5.41) is 12.2. The van der Waals surface area contributed by atoms with Gasteiger partial charge < -0.3 is 25.0 Å². The van der Waals surface area contributed by atoms with Crippen LogP contribution in [0, 0.1) is 0 Å². The van der Waals surface area contributed by atoms with Gasteiger partial charge in [0.2, 0.25) is 5.91 Å². The standard InChI is InChI=1S/C26H32N4O5/c1-28(2)14-22(24(31)30-13-12-29(3)23(15-30)25(32)33)27-26(34)35-16-21-19-10-6-4-8-17(19)18-9-5-7-11-20(18)21/h4-11,21-23H,12-16H2,1-3H3,(H,27,34)(H,32,33). The minimum Gasteiger partial charge on any atom is -0.480 e. The van der Waals surface area contributed by atoms with Crippen LogP contribution in [-0.2, 0) is 14.3 Å². The van der Waals surface area contributed by atoms with Gasteiger partial charge in [0, 0.05) is 32.1 Å². The molecule has 2 amide bonds. The van der Waals surface area contributed by atoms with Crippen LogP contribution in [0.3, 0.4) is 0 Å². The van der Waals surface area contributed by atoms with Crippen molar-refractivity contribution in [2.75, 3.05) is 53.9 Å². The van der Waals surface area contributed by atoms with E-state index in [4.69, 9.17) is 4.74 Å². The van der Waals surface area contributed by atoms with Crippen LogP contribution in [0.1, 0.15) is 17.0 Å². The highest BCUT2D eigenvalue weighted by Gasteiger charge is 2.36. The van der Waals surface area contributed by atoms with Gasteiger partial charge in [0.25, 0.3) is 0 Å². The van der Waals surface area contributed by atoms with Crippen LogP contribution in [0.25, 0.3) is 11.1 Å². The number of benzene rings is 2. The first-order valence-electron chi connectivity index (χ1n) is 11.7. The molecule has 186 valence electrons. The Morgan fingerprint density at radius 1 is 1.06 bits per heavy atom. The SMILES string of the molecule is CN(C)CC(NC(=O)OCC1c2ccccc2-c2ccccc21)C(=O)N1CCN(C)C(C(=O)O)C1. The second kappa shape index (κ2) is 10.5. The van der Waals surface area contributed by atoms with Crippen molar-refractivity contribution >= 4 is 18.0 Å². The molecule has 9 heteroatoms. The Morgan fingerprint density at radius 3 is 2.23 bits per heavy atom. The first kappa shape index (κ1) is 24.7. The van der Waals surface area contributed by atoms with Crippen LogP contribution in [-0.4, -0.2) is 104 Å². The number of nitrogens with one attached hydrogen (secondary N) is 1. The number of piperazine rings is 1. The number of fused-ring (bicyclic) bond motifs is 3. The minimum atomic E-state index is -0.973. The first-order chi connectivity index (χ1) is 16.8. The minimum absolute atomic E-state index is 0.0704. The smallest absolute Gasteiger partial charge is 0.407 e. The Labute approximate surface area is 205 Å². The third-order valence-corrected chi connectivity index (χ3v) is 6.73. The second-order valence-corrected chi connectivity index (χ2v) is 9.40. The molecule has 2 unspecified atom stereocenters. The zero-order valence-electron chi connectivity index (χ0n) is 20.3. The predicted octanol–water partition coefficient (Wildman–Crippen LogP) is 1.68. The summed E-state index contributed by atoms with van der Waals surface area (Å²) in [6.45, 7) is 1.34. The number of ether oxygens (including phenoxy) is 1. The van der Waals surface area contributed by atoms with Gasteiger partial charge in [-0.3, -0.25) is 14.5 Å². The maximum Gasteiger partial charge on any atom is 0.407 e. The van der Waals surface area contributed by atoms with Crippen molar-refractivity contribution in [3.8, 4) is 11.1 Å². The molecule has 2 atom stereocenters. The molecule has 0 spiro atoms. The van der Waals surface area contributed by atoms with E-state index in [1.807, 2.05) is 50.5 Å². The summed E-state index contributed by atoms with van der Waals surface area (Å²) in [4.78, 5) is 42.6. The van der Waals surface area contributed by atoms with E-state index in [1.165, 1.54) is 4.90 Å². The number of carbonyl (C=O) groups is 3. The number of hydrogen-bond acceptors (Lipinski definition) is 6. The molecule has 0 aromatic heterocycles. The summed E-state index contributed by atoms with van der Waals surface area (Å²) in [5.74, 6) is -1.37. The number of rotatable bonds is 7. The van der Waals surface area contributed by atoms with Crippen molar-refractivity contribution in [3.63, 3.8) is 0 Å². The highest BCUT2D eigenvalue weighted by molar-refractivity contribution is 5.87. The molecule has 2 aromatic rings. The normalized spacial score (nSPS) is 18.6. The van der Waals surface area contributed by atoms with E-state index in [-0.39, 0.29) is 31.5 Å². The van der Waals surface area contributed by atoms with Crippen LogP contribution in [0.4, 0.5) is 4.79 Å². The third kappa shape index (κ3) is 5.31. The van der Waals surface area contributed by atoms with Gasteiger partial charge in [-0.25, -0.2) is 4.79 Å². The van der Waals surface area contributed by atoms with Crippen LogP contribution in [0.5, 0.6) is 0 Å². The Bertz CT molecular complexity index is 1060. The number of amides is 2. The van der Waals surface area contributed by atoms with Crippen molar-refractivity contribution in [2.45, 2.75) is 18.0 Å². The van der Waals surface area contributed by atoms with Gasteiger partial charge in [-0.1, -0.05) is 48.5 Å². The maximum absolute atomic E-state index is 13.2. The first-order valence-corrected chi connectivity index (χ1v) is 11.7. The lowest BCUT2D eigenvalue weighted by Gasteiger charge is -2.38. The molecular weight excluding hydrogens is 448 g/mol. The molecule has 1 heterocycles. The molecule has 1 aliphatic carbocycles. The highest BCUT2D eigenvalue weighted by Crippen LogP contribution is 2.44. The molecule has 1 aliphatic heterocycles. The highest BCUT2D eigenvalue weighted by atomic mass is 16.5. The largest absolute Gasteiger partial charge is 0.480 e. The monoisotopic (exact) mass is 480 g/mol. The van der Waals surface area contributed by atoms with Gasteiger partial charge in [-0.2, -0.15) is 0 Å². The van der Waals surface area contributed by atoms with Gasteiger partial charge in [0.05, 0.1) is 0 Å². The summed E-state index contributed by atoms with van der Waals surface area (Å²) >= 11 is 0. The average Bonchev–Trinajstić information content (AvgIpc) is 3.15. The van der Waals surface area contributed by atoms with Crippen molar-refractivity contribution in [1.82, 2.24) is 20.0 Å². The summed E-state index contributed by atoms with van der Waals surface area (Å²) in [6.07, 6.45) is -0.670. The number of carbonyl (C=O) groups excluding carboxylic acids is 2. The zero-order valence-corrected chi connectivity index (χ0v) is 20.3. The van der Waals surface area contributed by atoms with Crippen molar-refractivity contribution < 1.29 is 24.2 Å². The summed E-state index contributed by atoms with van der Waals surface area (Å²) in [5.41, 5.74) is 4.50. The van der Waals surface area contributed by atoms with Gasteiger partial charge in [-0.15, -0.1) is 0 Å². The Kier molecular flexibility index (Phi) is 7.37. The Morgan fingerprint density at radius 2 is 1.66 bits per heavy atom. The van der Waals surface area contributed by atoms with Gasteiger partial charge in [0.1, 0.15) is 18.7 Å². The molecule has 0 bridgehead atoms. The average molecular weight is 481 g/mol. The van der Waals surface area contributed by atoms with E-state index in [0.29, 0.717) is 13.1 Å². The number of alkyl carbamates (subject to hydrolysis) is 1. The fourth-order valence-electron chi connectivity index (χ4n) is 4.89. The molecule has 4 rings (SSSR count). The molecule has 2 aliphatic rings. The summed E-state index contributed by atoms with van der Waals surface area (Å²) < 4.78 is 5.62. The topological polar surface area (TPSA) is 102 Å². The third-order valence-electron chi connectivity index (χ3n) is 6.73. The molecule has 9 nitrogen and oxygen atoms in total. The van der Waals surface area contributed by atoms with E-state index < -0.39 is 24.1 Å². The van der Waals surface area contributed by atoms with Crippen LogP contribution < -0.4 is 5.32 Å². The molecule has 2 N–H and O–H groups in total. The number of nitrogens with zero attached hydrogens (tertiary/aromatic N) is 3. The lowest BCUT2D eigenvalue weighted by molar-refractivity contribution is -0.148. The van der Waals surface area contributed by atoms with E-state index in [2.05, 4.69) is 17.4 Å². The molecule has 1 fully saturated rings. The number of carboxylic acid groups (broad SMARTS) is 1. The molecule has 35 heavy (non-hydrogen) atoms. The number of aliphatic carboxylic acids is 1. The summed E-state index contributed by atoms with van der Waals surface area (Å²) in [7, 11) is 5.35. The molecular formula is C26H32N4O5. The molecule has 2 aromatic carbocycles. The Hall–Kier alpha value is -3.43. The van der Waals surface area contributed by atoms with E-state index in [0.717, 1.165) is 22.3 Å². The van der Waals surface area contributed by atoms with E-state index >= 15 is 0 Å². The lowest BCUT2D eigenvalue weighted by atomic mass is 9.98. The molecule has 1 saturated heterocycles. The van der Waals surface area contributed by atoms with Gasteiger partial charge in [-0.05, 0) is 43.4 Å². The van der Waals surface area contributed by atoms with Gasteiger partial charge >= 0.3 is 12.1 Å². The van der Waals surface area contributed by atoms with Crippen LogP contribution in [0.2, 0.25) is 0 Å². The maximum atomic E-state index is 13.2. The lowest BCUT2D eigenvalue weighted by Crippen LogP contribution is -2.61. The predicted molar refractivity (Wildman–Crippen MR) is 131 cm³/mol. The van der Waals surface area contributed by atoms with Gasteiger partial charge in [0.15, 0.2) is 0 Å². The Balaban J connectivity index is 1.42. The number of likely N-dealkylation sites (N-methyl/N-ethyl adjacent to an activating group) is 2.